The van der Waals surface area contributed by atoms with Gasteiger partial charge < -0.3 is 10.6 Å². The molecule has 0 aromatic heterocycles. The van der Waals surface area contributed by atoms with Crippen molar-refractivity contribution in [2.75, 3.05) is 13.1 Å². The highest BCUT2D eigenvalue weighted by Gasteiger charge is 2.14. The predicted molar refractivity (Wildman–Crippen MR) is 58.3 cm³/mol. The molecule has 1 amide bonds. The smallest absolute Gasteiger partial charge is 0.220 e. The van der Waals surface area contributed by atoms with Crippen molar-refractivity contribution < 1.29 is 4.79 Å². The molecule has 1 atom stereocenters. The highest BCUT2D eigenvalue weighted by atomic mass is 35.5. The quantitative estimate of drug-likeness (QED) is 0.729. The molecule has 0 aliphatic carbocycles. The summed E-state index contributed by atoms with van der Waals surface area (Å²) < 4.78 is 0. The van der Waals surface area contributed by atoms with Gasteiger partial charge in [0.2, 0.25) is 5.91 Å². The zero-order valence-corrected chi connectivity index (χ0v) is 9.07. The topological polar surface area (TPSA) is 41.1 Å². The number of carbonyl (C=O) groups excluding carboxylic acids is 1. The first-order chi connectivity index (χ1) is 6.68. The Labute approximate surface area is 89.9 Å². The van der Waals surface area contributed by atoms with E-state index < -0.39 is 0 Å². The molecule has 1 aliphatic heterocycles. The van der Waals surface area contributed by atoms with Gasteiger partial charge in [0.1, 0.15) is 0 Å². The fourth-order valence-corrected chi connectivity index (χ4v) is 1.66. The Morgan fingerprint density at radius 3 is 3.00 bits per heavy atom. The number of nitrogens with one attached hydrogen (secondary N) is 2. The molecular formula is C10H17ClN2O. The minimum Gasteiger partial charge on any atom is -0.351 e. The van der Waals surface area contributed by atoms with Crippen LogP contribution in [0.1, 0.15) is 25.7 Å². The third-order valence-corrected chi connectivity index (χ3v) is 2.49. The van der Waals surface area contributed by atoms with Crippen LogP contribution in [0.25, 0.3) is 0 Å². The lowest BCUT2D eigenvalue weighted by Gasteiger charge is -2.09. The summed E-state index contributed by atoms with van der Waals surface area (Å²) in [4.78, 5) is 11.3. The Hall–Kier alpha value is -0.540. The van der Waals surface area contributed by atoms with Crippen LogP contribution in [0.3, 0.4) is 0 Å². The summed E-state index contributed by atoms with van der Waals surface area (Å²) in [6.07, 6.45) is 3.91. The van der Waals surface area contributed by atoms with Crippen molar-refractivity contribution >= 4 is 17.5 Å². The monoisotopic (exact) mass is 216 g/mol. The van der Waals surface area contributed by atoms with Crippen molar-refractivity contribution in [1.82, 2.24) is 10.6 Å². The molecule has 1 saturated heterocycles. The van der Waals surface area contributed by atoms with E-state index in [4.69, 9.17) is 11.6 Å². The van der Waals surface area contributed by atoms with Crippen LogP contribution in [0.4, 0.5) is 0 Å². The zero-order chi connectivity index (χ0) is 10.4. The van der Waals surface area contributed by atoms with Crippen molar-refractivity contribution in [3.05, 3.63) is 11.6 Å². The fourth-order valence-electron chi connectivity index (χ4n) is 1.59. The van der Waals surface area contributed by atoms with Gasteiger partial charge in [-0.3, -0.25) is 4.79 Å². The molecule has 0 radical (unpaired) electrons. The molecule has 3 nitrogen and oxygen atoms in total. The number of rotatable bonds is 5. The molecule has 0 saturated carbocycles. The Balaban J connectivity index is 2.05. The second-order valence-corrected chi connectivity index (χ2v) is 4.16. The SMILES string of the molecule is C=C(Cl)CNC(=O)CCC1CCCN1. The van der Waals surface area contributed by atoms with Gasteiger partial charge in [0.25, 0.3) is 0 Å². The van der Waals surface area contributed by atoms with Gasteiger partial charge in [0.05, 0.1) is 6.54 Å². The van der Waals surface area contributed by atoms with Crippen LogP contribution in [-0.2, 0) is 4.79 Å². The van der Waals surface area contributed by atoms with Gasteiger partial charge in [0.15, 0.2) is 0 Å². The maximum Gasteiger partial charge on any atom is 0.220 e. The van der Waals surface area contributed by atoms with E-state index in [1.807, 2.05) is 0 Å². The highest BCUT2D eigenvalue weighted by Crippen LogP contribution is 2.10. The lowest BCUT2D eigenvalue weighted by Crippen LogP contribution is -2.28. The standard InChI is InChI=1S/C10H17ClN2O/c1-8(11)7-13-10(14)5-4-9-3-2-6-12-9/h9,12H,1-7H2,(H,13,14). The van der Waals surface area contributed by atoms with Gasteiger partial charge in [-0.1, -0.05) is 18.2 Å². The highest BCUT2D eigenvalue weighted by molar-refractivity contribution is 6.29. The van der Waals surface area contributed by atoms with Crippen molar-refractivity contribution in [3.8, 4) is 0 Å². The van der Waals surface area contributed by atoms with Gasteiger partial charge in [-0.2, -0.15) is 0 Å². The molecule has 0 aromatic carbocycles. The van der Waals surface area contributed by atoms with E-state index in [9.17, 15) is 4.79 Å². The van der Waals surface area contributed by atoms with Gasteiger partial charge in [-0.05, 0) is 25.8 Å². The van der Waals surface area contributed by atoms with Gasteiger partial charge in [-0.15, -0.1) is 0 Å². The predicted octanol–water partition coefficient (Wildman–Crippen LogP) is 1.39. The first kappa shape index (κ1) is 11.5. The minimum absolute atomic E-state index is 0.0560. The first-order valence-corrected chi connectivity index (χ1v) is 5.39. The number of hydrogen-bond donors (Lipinski definition) is 2. The van der Waals surface area contributed by atoms with Crippen molar-refractivity contribution in [3.63, 3.8) is 0 Å². The number of carbonyl (C=O) groups is 1. The summed E-state index contributed by atoms with van der Waals surface area (Å²) in [5.74, 6) is 0.0560. The lowest BCUT2D eigenvalue weighted by atomic mass is 10.1. The third-order valence-electron chi connectivity index (χ3n) is 2.36. The maximum atomic E-state index is 11.3. The average molecular weight is 217 g/mol. The molecule has 2 N–H and O–H groups in total. The molecule has 80 valence electrons. The van der Waals surface area contributed by atoms with Crippen LogP contribution < -0.4 is 10.6 Å². The van der Waals surface area contributed by atoms with Crippen molar-refractivity contribution in [1.29, 1.82) is 0 Å². The molecular weight excluding hydrogens is 200 g/mol. The van der Waals surface area contributed by atoms with Crippen LogP contribution in [0.15, 0.2) is 11.6 Å². The van der Waals surface area contributed by atoms with Crippen LogP contribution in [0.5, 0.6) is 0 Å². The van der Waals surface area contributed by atoms with Crippen LogP contribution in [0.2, 0.25) is 0 Å². The van der Waals surface area contributed by atoms with Crippen LogP contribution >= 0.6 is 11.6 Å². The fraction of sp³-hybridized carbons (Fsp3) is 0.700. The summed E-state index contributed by atoms with van der Waals surface area (Å²) >= 11 is 5.53. The molecule has 0 spiro atoms. The molecule has 14 heavy (non-hydrogen) atoms. The van der Waals surface area contributed by atoms with E-state index in [1.54, 1.807) is 0 Å². The van der Waals surface area contributed by atoms with Crippen LogP contribution in [-0.4, -0.2) is 25.0 Å². The van der Waals surface area contributed by atoms with E-state index in [2.05, 4.69) is 17.2 Å². The molecule has 0 bridgehead atoms. The Morgan fingerprint density at radius 1 is 1.64 bits per heavy atom. The summed E-state index contributed by atoms with van der Waals surface area (Å²) in [5, 5.41) is 6.53. The Morgan fingerprint density at radius 2 is 2.43 bits per heavy atom. The summed E-state index contributed by atoms with van der Waals surface area (Å²) in [6, 6.07) is 0.528. The maximum absolute atomic E-state index is 11.3. The molecule has 0 aromatic rings. The Kier molecular flexibility index (Phi) is 4.98. The molecule has 1 rings (SSSR count). The molecule has 1 unspecified atom stereocenters. The van der Waals surface area contributed by atoms with Gasteiger partial charge >= 0.3 is 0 Å². The number of hydrogen-bond acceptors (Lipinski definition) is 2. The minimum atomic E-state index is 0.0560. The zero-order valence-electron chi connectivity index (χ0n) is 8.31. The largest absolute Gasteiger partial charge is 0.351 e. The van der Waals surface area contributed by atoms with Crippen molar-refractivity contribution in [2.24, 2.45) is 0 Å². The Bertz CT molecular complexity index is 212. The first-order valence-electron chi connectivity index (χ1n) is 5.02. The van der Waals surface area contributed by atoms with E-state index in [0.717, 1.165) is 13.0 Å². The molecule has 1 aliphatic rings. The average Bonchev–Trinajstić information content (AvgIpc) is 2.63. The van der Waals surface area contributed by atoms with E-state index >= 15 is 0 Å². The second-order valence-electron chi connectivity index (χ2n) is 3.63. The molecule has 1 heterocycles. The number of halogens is 1. The normalized spacial score (nSPS) is 20.8. The second kappa shape index (κ2) is 6.04. The van der Waals surface area contributed by atoms with Crippen molar-refractivity contribution in [2.45, 2.75) is 31.7 Å². The van der Waals surface area contributed by atoms with Gasteiger partial charge in [0, 0.05) is 17.5 Å². The third kappa shape index (κ3) is 4.63. The summed E-state index contributed by atoms with van der Waals surface area (Å²) in [5.41, 5.74) is 0. The number of amides is 1. The van der Waals surface area contributed by atoms with E-state index in [1.165, 1.54) is 12.8 Å². The summed E-state index contributed by atoms with van der Waals surface area (Å²) in [6.45, 7) is 4.96. The van der Waals surface area contributed by atoms with Gasteiger partial charge in [-0.25, -0.2) is 0 Å². The van der Waals surface area contributed by atoms with E-state index in [0.29, 0.717) is 24.0 Å². The van der Waals surface area contributed by atoms with Crippen LogP contribution in [0, 0.1) is 0 Å². The molecule has 1 fully saturated rings. The summed E-state index contributed by atoms with van der Waals surface area (Å²) in [7, 11) is 0. The van der Waals surface area contributed by atoms with E-state index in [-0.39, 0.29) is 5.91 Å². The molecule has 4 heteroatoms. The lowest BCUT2D eigenvalue weighted by molar-refractivity contribution is -0.121.